The summed E-state index contributed by atoms with van der Waals surface area (Å²) < 4.78 is 16.7. The van der Waals surface area contributed by atoms with Crippen LogP contribution in [0.1, 0.15) is 56.2 Å². The number of aliphatic hydroxyl groups excluding tert-OH is 1. The van der Waals surface area contributed by atoms with Crippen LogP contribution in [0, 0.1) is 11.2 Å². The van der Waals surface area contributed by atoms with Crippen molar-refractivity contribution >= 4 is 34.4 Å². The first-order valence-corrected chi connectivity index (χ1v) is 15.9. The molecule has 2 aromatic carbocycles. The number of benzene rings is 2. The lowest BCUT2D eigenvalue weighted by Crippen LogP contribution is -2.38. The molecule has 0 atom stereocenters. The average Bonchev–Trinajstić information content (AvgIpc) is 3.47. The maximum absolute atomic E-state index is 15.3. The summed E-state index contributed by atoms with van der Waals surface area (Å²) in [6, 6.07) is 8.67. The molecule has 0 spiro atoms. The van der Waals surface area contributed by atoms with Gasteiger partial charge in [0.25, 0.3) is 11.5 Å². The van der Waals surface area contributed by atoms with Gasteiger partial charge in [-0.3, -0.25) is 9.59 Å². The predicted molar refractivity (Wildman–Crippen MR) is 171 cm³/mol. The summed E-state index contributed by atoms with van der Waals surface area (Å²) in [5, 5.41) is 13.8. The van der Waals surface area contributed by atoms with Crippen LogP contribution in [0.4, 0.5) is 21.6 Å². The van der Waals surface area contributed by atoms with E-state index in [1.807, 2.05) is 12.1 Å². The topological polar surface area (TPSA) is 90.7 Å². The molecule has 0 bridgehead atoms. The number of anilines is 3. The molecule has 2 aromatic heterocycles. The lowest BCUT2D eigenvalue weighted by atomic mass is 9.89. The maximum atomic E-state index is 15.3. The normalized spacial score (nSPS) is 17.4. The van der Waals surface area contributed by atoms with Crippen LogP contribution in [0.2, 0.25) is 0 Å². The van der Waals surface area contributed by atoms with Crippen molar-refractivity contribution in [3.05, 3.63) is 90.3 Å². The second-order valence-electron chi connectivity index (χ2n) is 13.1. The van der Waals surface area contributed by atoms with Gasteiger partial charge in [0.1, 0.15) is 5.82 Å². The van der Waals surface area contributed by atoms with Gasteiger partial charge in [0.15, 0.2) is 5.82 Å². The molecule has 2 N–H and O–H groups in total. The van der Waals surface area contributed by atoms with E-state index < -0.39 is 12.4 Å². The Balaban J connectivity index is 1.25. The molecular formula is C34H36FN5O3S. The van der Waals surface area contributed by atoms with Crippen LogP contribution in [0.15, 0.2) is 41.3 Å². The highest BCUT2D eigenvalue weighted by Gasteiger charge is 2.38. The van der Waals surface area contributed by atoms with E-state index in [1.165, 1.54) is 44.5 Å². The van der Waals surface area contributed by atoms with E-state index in [9.17, 15) is 14.7 Å². The number of fused-ring (bicyclic) bond motifs is 4. The van der Waals surface area contributed by atoms with E-state index in [0.717, 1.165) is 48.5 Å². The molecule has 0 saturated heterocycles. The quantitative estimate of drug-likeness (QED) is 0.322. The molecule has 0 radical (unpaired) electrons. The molecule has 3 aliphatic rings. The molecule has 4 heterocycles. The van der Waals surface area contributed by atoms with Gasteiger partial charge in [-0.2, -0.15) is 0 Å². The molecule has 1 aliphatic carbocycles. The Morgan fingerprint density at radius 2 is 1.86 bits per heavy atom. The smallest absolute Gasteiger partial charge is 0.293 e. The number of thiophene rings is 1. The summed E-state index contributed by atoms with van der Waals surface area (Å²) in [6.45, 7) is 6.32. The highest BCUT2D eigenvalue weighted by molar-refractivity contribution is 7.14. The number of aliphatic hydroxyl groups is 1. The Hall–Kier alpha value is -3.86. The number of aryl methyl sites for hydroxylation is 1. The van der Waals surface area contributed by atoms with Crippen LogP contribution < -0.4 is 15.8 Å². The number of nitrogens with zero attached hydrogens (tertiary/aromatic N) is 4. The number of carbonyl (C=O) groups excluding carboxylic acids is 1. The molecule has 4 aromatic rings. The number of halogens is 1. The fourth-order valence-corrected chi connectivity index (χ4v) is 8.55. The zero-order chi connectivity index (χ0) is 30.9. The zero-order valence-electron chi connectivity index (χ0n) is 25.5. The van der Waals surface area contributed by atoms with Gasteiger partial charge in [-0.15, -0.1) is 11.3 Å². The third-order valence-electron chi connectivity index (χ3n) is 9.18. The van der Waals surface area contributed by atoms with Gasteiger partial charge in [0.2, 0.25) is 0 Å². The fraction of sp³-hybridized carbons (Fsp3) is 0.382. The van der Waals surface area contributed by atoms with Crippen molar-refractivity contribution in [2.75, 3.05) is 30.4 Å². The van der Waals surface area contributed by atoms with Crippen LogP contribution >= 0.6 is 11.3 Å². The van der Waals surface area contributed by atoms with Gasteiger partial charge in [0.05, 0.1) is 22.9 Å². The minimum Gasteiger partial charge on any atom is -0.392 e. The molecule has 10 heteroatoms. The largest absolute Gasteiger partial charge is 0.392 e. The number of carbonyl (C=O) groups is 1. The van der Waals surface area contributed by atoms with E-state index in [-0.39, 0.29) is 22.7 Å². The Bertz CT molecular complexity index is 1890. The molecule has 1 amide bonds. The number of hydrogen-bond donors (Lipinski definition) is 2. The second-order valence-corrected chi connectivity index (χ2v) is 14.2. The van der Waals surface area contributed by atoms with Gasteiger partial charge in [0, 0.05) is 54.6 Å². The Kier molecular flexibility index (Phi) is 6.99. The molecule has 7 rings (SSSR count). The monoisotopic (exact) mass is 613 g/mol. The van der Waals surface area contributed by atoms with E-state index in [2.05, 4.69) is 42.2 Å². The van der Waals surface area contributed by atoms with Gasteiger partial charge < -0.3 is 24.8 Å². The summed E-state index contributed by atoms with van der Waals surface area (Å²) in [4.78, 5) is 37.5. The Labute approximate surface area is 259 Å². The van der Waals surface area contributed by atoms with Crippen LogP contribution in [-0.2, 0) is 45.9 Å². The van der Waals surface area contributed by atoms with Crippen molar-refractivity contribution in [1.29, 1.82) is 0 Å². The van der Waals surface area contributed by atoms with E-state index in [1.54, 1.807) is 23.3 Å². The SMILES string of the molecule is CN1CCc2cc(Nc3nc(-c4cc(F)cc(N5CCc6c(sc7c6CC(C)(C)C7)C5=O)c4CO)cn(C)c3=O)ccc2C1. The third-order valence-corrected chi connectivity index (χ3v) is 10.4. The summed E-state index contributed by atoms with van der Waals surface area (Å²) >= 11 is 1.56. The van der Waals surface area contributed by atoms with Crippen molar-refractivity contribution in [3.8, 4) is 11.3 Å². The van der Waals surface area contributed by atoms with Crippen molar-refractivity contribution < 1.29 is 14.3 Å². The van der Waals surface area contributed by atoms with Gasteiger partial charge in [-0.05, 0) is 84.7 Å². The fourth-order valence-electron chi connectivity index (χ4n) is 6.97. The summed E-state index contributed by atoms with van der Waals surface area (Å²) in [5.41, 5.74) is 6.92. The standard InChI is InChI=1S/C34H36FN5O3S/c1-34(2)14-25-23-8-10-40(32(42)30(23)44-29(25)15-34)28-13-21(35)12-24(26(28)18-41)27-17-39(4)33(43)31(37-27)36-22-6-5-20-16-38(3)9-7-19(20)11-22/h5-6,11-13,17,41H,7-10,14-16,18H2,1-4H3,(H,36,37). The molecule has 0 saturated carbocycles. The number of aromatic nitrogens is 2. The first-order chi connectivity index (χ1) is 21.0. The van der Waals surface area contributed by atoms with E-state index in [0.29, 0.717) is 35.5 Å². The minimum atomic E-state index is -0.550. The van der Waals surface area contributed by atoms with Crippen molar-refractivity contribution in [2.24, 2.45) is 12.5 Å². The van der Waals surface area contributed by atoms with Crippen molar-refractivity contribution in [1.82, 2.24) is 14.5 Å². The molecule has 0 unspecified atom stereocenters. The van der Waals surface area contributed by atoms with E-state index >= 15 is 4.39 Å². The van der Waals surface area contributed by atoms with Crippen molar-refractivity contribution in [2.45, 2.75) is 52.7 Å². The van der Waals surface area contributed by atoms with Crippen molar-refractivity contribution in [3.63, 3.8) is 0 Å². The van der Waals surface area contributed by atoms with Gasteiger partial charge >= 0.3 is 0 Å². The number of amides is 1. The number of rotatable bonds is 5. The lowest BCUT2D eigenvalue weighted by Gasteiger charge is -2.30. The Morgan fingerprint density at radius 3 is 2.66 bits per heavy atom. The molecular weight excluding hydrogens is 577 g/mol. The summed E-state index contributed by atoms with van der Waals surface area (Å²) in [7, 11) is 3.71. The van der Waals surface area contributed by atoms with Gasteiger partial charge in [-0.1, -0.05) is 19.9 Å². The van der Waals surface area contributed by atoms with Crippen LogP contribution in [-0.4, -0.2) is 45.6 Å². The Morgan fingerprint density at radius 1 is 1.05 bits per heavy atom. The third kappa shape index (κ3) is 4.95. The van der Waals surface area contributed by atoms with Crippen LogP contribution in [0.5, 0.6) is 0 Å². The maximum Gasteiger partial charge on any atom is 0.293 e. The molecule has 2 aliphatic heterocycles. The number of hydrogen-bond acceptors (Lipinski definition) is 7. The predicted octanol–water partition coefficient (Wildman–Crippen LogP) is 5.20. The zero-order valence-corrected chi connectivity index (χ0v) is 26.3. The van der Waals surface area contributed by atoms with Crippen LogP contribution in [0.3, 0.4) is 0 Å². The lowest BCUT2D eigenvalue weighted by molar-refractivity contribution is 0.0984. The molecule has 228 valence electrons. The number of likely N-dealkylation sites (N-methyl/N-ethyl adjacent to an activating group) is 1. The minimum absolute atomic E-state index is 0.0993. The molecule has 8 nitrogen and oxygen atoms in total. The second kappa shape index (κ2) is 10.6. The molecule has 44 heavy (non-hydrogen) atoms. The molecule has 0 fully saturated rings. The summed E-state index contributed by atoms with van der Waals surface area (Å²) in [6.07, 6.45) is 5.06. The highest BCUT2D eigenvalue weighted by Crippen LogP contribution is 2.46. The average molecular weight is 614 g/mol. The van der Waals surface area contributed by atoms with Gasteiger partial charge in [-0.25, -0.2) is 9.37 Å². The first-order valence-electron chi connectivity index (χ1n) is 15.1. The highest BCUT2D eigenvalue weighted by atomic mass is 32.1. The van der Waals surface area contributed by atoms with E-state index in [4.69, 9.17) is 0 Å². The first kappa shape index (κ1) is 28.9. The van der Waals surface area contributed by atoms with Crippen LogP contribution in [0.25, 0.3) is 11.3 Å². The number of nitrogens with one attached hydrogen (secondary N) is 1. The summed E-state index contributed by atoms with van der Waals surface area (Å²) in [5.74, 6) is -0.614.